The average Bonchev–Trinajstić information content (AvgIpc) is 2.81. The minimum atomic E-state index is -3.25. The van der Waals surface area contributed by atoms with E-state index in [0.29, 0.717) is 24.6 Å². The van der Waals surface area contributed by atoms with Gasteiger partial charge in [-0.2, -0.15) is 0 Å². The monoisotopic (exact) mass is 351 g/mol. The number of rotatable bonds is 4. The van der Waals surface area contributed by atoms with Gasteiger partial charge in [-0.25, -0.2) is 8.42 Å². The summed E-state index contributed by atoms with van der Waals surface area (Å²) in [5.74, 6) is 0.417. The molecule has 1 saturated heterocycles. The number of likely N-dealkylation sites (tertiary alicyclic amines) is 1. The van der Waals surface area contributed by atoms with Gasteiger partial charge in [0.05, 0.1) is 11.5 Å². The van der Waals surface area contributed by atoms with Crippen LogP contribution >= 0.6 is 0 Å². The maximum absolute atomic E-state index is 12.8. The van der Waals surface area contributed by atoms with Crippen molar-refractivity contribution in [2.45, 2.75) is 25.2 Å². The molecule has 0 radical (unpaired) electrons. The van der Waals surface area contributed by atoms with Crippen LogP contribution in [0.5, 0.6) is 0 Å². The molecule has 0 spiro atoms. The Labute approximate surface area is 143 Å². The van der Waals surface area contributed by atoms with Crippen molar-refractivity contribution in [2.24, 2.45) is 16.7 Å². The average molecular weight is 351 g/mol. The summed E-state index contributed by atoms with van der Waals surface area (Å²) >= 11 is 0. The molecule has 1 amide bonds. The maximum Gasteiger partial charge on any atom is 0.253 e. The van der Waals surface area contributed by atoms with Gasteiger partial charge >= 0.3 is 0 Å². The summed E-state index contributed by atoms with van der Waals surface area (Å²) in [5.41, 5.74) is 0.836. The molecule has 1 saturated carbocycles. The fraction of sp³-hybridized carbons (Fsp3) is 0.611. The lowest BCUT2D eigenvalue weighted by Crippen LogP contribution is -2.55. The summed E-state index contributed by atoms with van der Waals surface area (Å²) in [6, 6.07) is 6.21. The minimum absolute atomic E-state index is 0.0317. The number of amides is 1. The van der Waals surface area contributed by atoms with Crippen molar-refractivity contribution in [1.82, 2.24) is 4.90 Å². The second-order valence-electron chi connectivity index (χ2n) is 8.00. The van der Waals surface area contributed by atoms with Gasteiger partial charge in [-0.1, -0.05) is 13.8 Å². The quantitative estimate of drug-likeness (QED) is 0.834. The van der Waals surface area contributed by atoms with Crippen LogP contribution in [-0.2, 0) is 14.6 Å². The SMILES string of the molecule is COC[C@@]12CN(C(=O)c3ccc(S(C)(=O)=O)cc3)C[C@@H]1C(C)(C)C2. The van der Waals surface area contributed by atoms with E-state index in [9.17, 15) is 13.2 Å². The van der Waals surface area contributed by atoms with Crippen molar-refractivity contribution in [2.75, 3.05) is 33.1 Å². The Morgan fingerprint density at radius 2 is 1.92 bits per heavy atom. The molecule has 1 aliphatic carbocycles. The van der Waals surface area contributed by atoms with Gasteiger partial charge in [0.25, 0.3) is 5.91 Å². The number of fused-ring (bicyclic) bond motifs is 1. The molecule has 0 N–H and O–H groups in total. The number of nitrogens with zero attached hydrogens (tertiary/aromatic N) is 1. The molecule has 1 aliphatic heterocycles. The smallest absolute Gasteiger partial charge is 0.253 e. The summed E-state index contributed by atoms with van der Waals surface area (Å²) < 4.78 is 28.5. The van der Waals surface area contributed by atoms with Gasteiger partial charge in [-0.3, -0.25) is 4.79 Å². The highest BCUT2D eigenvalue weighted by Crippen LogP contribution is 2.62. The Morgan fingerprint density at radius 1 is 1.29 bits per heavy atom. The zero-order chi connectivity index (χ0) is 17.8. The number of carbonyl (C=O) groups is 1. The molecular weight excluding hydrogens is 326 g/mol. The van der Waals surface area contributed by atoms with Crippen molar-refractivity contribution in [3.8, 4) is 0 Å². The molecule has 2 aliphatic rings. The molecule has 5 nitrogen and oxygen atoms in total. The van der Waals surface area contributed by atoms with E-state index in [-0.39, 0.29) is 21.6 Å². The number of methoxy groups -OCH3 is 1. The predicted molar refractivity (Wildman–Crippen MR) is 91.7 cm³/mol. The Kier molecular flexibility index (Phi) is 4.04. The number of hydrogen-bond acceptors (Lipinski definition) is 4. The van der Waals surface area contributed by atoms with Crippen LogP contribution in [0.25, 0.3) is 0 Å². The van der Waals surface area contributed by atoms with Crippen molar-refractivity contribution in [3.05, 3.63) is 29.8 Å². The van der Waals surface area contributed by atoms with Crippen LogP contribution < -0.4 is 0 Å². The van der Waals surface area contributed by atoms with Crippen LogP contribution in [-0.4, -0.2) is 52.3 Å². The second-order valence-corrected chi connectivity index (χ2v) is 10.0. The fourth-order valence-corrected chi connectivity index (χ4v) is 5.42. The summed E-state index contributed by atoms with van der Waals surface area (Å²) in [4.78, 5) is 15.0. The first kappa shape index (κ1) is 17.4. The third-order valence-corrected chi connectivity index (χ3v) is 6.78. The molecule has 132 valence electrons. The molecule has 0 unspecified atom stereocenters. The summed E-state index contributed by atoms with van der Waals surface area (Å²) in [6.45, 7) is 6.63. The van der Waals surface area contributed by atoms with Gasteiger partial charge in [0.15, 0.2) is 9.84 Å². The number of benzene rings is 1. The molecule has 1 heterocycles. The molecule has 0 aromatic heterocycles. The van der Waals surface area contributed by atoms with E-state index in [4.69, 9.17) is 4.74 Å². The van der Waals surface area contributed by atoms with Gasteiger partial charge in [0.1, 0.15) is 0 Å². The van der Waals surface area contributed by atoms with Crippen LogP contribution in [0.4, 0.5) is 0 Å². The van der Waals surface area contributed by atoms with E-state index >= 15 is 0 Å². The molecule has 1 aromatic carbocycles. The molecule has 1 aromatic rings. The van der Waals surface area contributed by atoms with Gasteiger partial charge in [0, 0.05) is 37.4 Å². The highest BCUT2D eigenvalue weighted by atomic mass is 32.2. The third-order valence-electron chi connectivity index (χ3n) is 5.65. The molecule has 24 heavy (non-hydrogen) atoms. The van der Waals surface area contributed by atoms with Crippen molar-refractivity contribution in [1.29, 1.82) is 0 Å². The molecule has 6 heteroatoms. The summed E-state index contributed by atoms with van der Waals surface area (Å²) in [5, 5.41) is 0. The van der Waals surface area contributed by atoms with Crippen LogP contribution in [0.2, 0.25) is 0 Å². The minimum Gasteiger partial charge on any atom is -0.384 e. The number of ether oxygens (including phenoxy) is 1. The van der Waals surface area contributed by atoms with E-state index in [2.05, 4.69) is 13.8 Å². The van der Waals surface area contributed by atoms with Crippen LogP contribution in [0.3, 0.4) is 0 Å². The first-order chi connectivity index (χ1) is 11.1. The lowest BCUT2D eigenvalue weighted by Gasteiger charge is -2.56. The maximum atomic E-state index is 12.8. The first-order valence-corrected chi connectivity index (χ1v) is 10.1. The zero-order valence-corrected chi connectivity index (χ0v) is 15.5. The third kappa shape index (κ3) is 2.75. The van der Waals surface area contributed by atoms with Crippen molar-refractivity contribution in [3.63, 3.8) is 0 Å². The Balaban J connectivity index is 1.79. The van der Waals surface area contributed by atoms with Crippen LogP contribution in [0.15, 0.2) is 29.2 Å². The van der Waals surface area contributed by atoms with Crippen molar-refractivity contribution >= 4 is 15.7 Å². The predicted octanol–water partition coefficient (Wildman–Crippen LogP) is 2.22. The van der Waals surface area contributed by atoms with Gasteiger partial charge < -0.3 is 9.64 Å². The second kappa shape index (κ2) is 5.56. The van der Waals surface area contributed by atoms with Gasteiger partial charge in [-0.05, 0) is 42.0 Å². The first-order valence-electron chi connectivity index (χ1n) is 8.17. The molecular formula is C18H25NO4S. The Hall–Kier alpha value is -1.40. The van der Waals surface area contributed by atoms with Crippen LogP contribution in [0.1, 0.15) is 30.6 Å². The Bertz CT molecular complexity index is 754. The van der Waals surface area contributed by atoms with E-state index in [1.807, 2.05) is 4.90 Å². The van der Waals surface area contributed by atoms with Gasteiger partial charge in [-0.15, -0.1) is 0 Å². The number of sulfone groups is 1. The topological polar surface area (TPSA) is 63.7 Å². The molecule has 0 bridgehead atoms. The lowest BCUT2D eigenvalue weighted by atomic mass is 9.48. The molecule has 2 fully saturated rings. The van der Waals surface area contributed by atoms with Crippen molar-refractivity contribution < 1.29 is 17.9 Å². The largest absolute Gasteiger partial charge is 0.384 e. The Morgan fingerprint density at radius 3 is 2.42 bits per heavy atom. The van der Waals surface area contributed by atoms with E-state index in [0.717, 1.165) is 13.0 Å². The summed E-state index contributed by atoms with van der Waals surface area (Å²) in [7, 11) is -1.53. The molecule has 2 atom stereocenters. The van der Waals surface area contributed by atoms with Crippen LogP contribution in [0, 0.1) is 16.7 Å². The lowest BCUT2D eigenvalue weighted by molar-refractivity contribution is -0.107. The number of hydrogen-bond donors (Lipinski definition) is 0. The molecule has 3 rings (SSSR count). The number of carbonyl (C=O) groups excluding carboxylic acids is 1. The van der Waals surface area contributed by atoms with E-state index < -0.39 is 9.84 Å². The van der Waals surface area contributed by atoms with Gasteiger partial charge in [0.2, 0.25) is 0 Å². The standard InChI is InChI=1S/C18H25NO4S/c1-17(2)10-18(12-23-3)11-19(9-15(17)18)16(20)13-5-7-14(8-6-13)24(4,21)22/h5-8,15H,9-12H2,1-4H3/t15-,18-/m1/s1. The zero-order valence-electron chi connectivity index (χ0n) is 14.7. The highest BCUT2D eigenvalue weighted by Gasteiger charge is 2.63. The van der Waals surface area contributed by atoms with E-state index in [1.165, 1.54) is 18.4 Å². The summed E-state index contributed by atoms with van der Waals surface area (Å²) in [6.07, 6.45) is 2.23. The normalized spacial score (nSPS) is 28.3. The van der Waals surface area contributed by atoms with E-state index in [1.54, 1.807) is 19.2 Å². The highest BCUT2D eigenvalue weighted by molar-refractivity contribution is 7.90. The fourth-order valence-electron chi connectivity index (χ4n) is 4.79.